The monoisotopic (exact) mass is 132 g/mol. The van der Waals surface area contributed by atoms with E-state index < -0.39 is 12.6 Å². The molecule has 0 fully saturated rings. The molecule has 51 valence electrons. The number of carbonyl (C=O) groups is 1. The molecule has 0 atom stereocenters. The van der Waals surface area contributed by atoms with Crippen molar-refractivity contribution in [1.29, 1.82) is 0 Å². The van der Waals surface area contributed by atoms with Crippen molar-refractivity contribution in [3.63, 3.8) is 0 Å². The second-order valence-electron chi connectivity index (χ2n) is 1.13. The predicted molar refractivity (Wildman–Crippen MR) is 29.5 cm³/mol. The summed E-state index contributed by atoms with van der Waals surface area (Å²) in [5, 5.41) is 7.98. The third-order valence-corrected chi connectivity index (χ3v) is 0.439. The second kappa shape index (κ2) is 5.55. The van der Waals surface area contributed by atoms with E-state index in [1.165, 1.54) is 0 Å². The standard InChI is InChI=1S/C3H7BNO4/c5-2-9-4-8-1-3(6)7/h1-2,5H2,(H,6,7). The second-order valence-corrected chi connectivity index (χ2v) is 1.13. The van der Waals surface area contributed by atoms with Crippen LogP contribution >= 0.6 is 0 Å². The maximum atomic E-state index is 9.73. The Morgan fingerprint density at radius 1 is 1.67 bits per heavy atom. The van der Waals surface area contributed by atoms with Crippen LogP contribution in [0.4, 0.5) is 0 Å². The van der Waals surface area contributed by atoms with E-state index in [1.807, 2.05) is 0 Å². The molecular weight excluding hydrogens is 125 g/mol. The number of hydrogen-bond acceptors (Lipinski definition) is 4. The van der Waals surface area contributed by atoms with Gasteiger partial charge in [-0.15, -0.1) is 0 Å². The van der Waals surface area contributed by atoms with Crippen LogP contribution in [0.2, 0.25) is 0 Å². The molecule has 0 unspecified atom stereocenters. The first-order chi connectivity index (χ1) is 4.27. The number of aliphatic carboxylic acids is 1. The van der Waals surface area contributed by atoms with Crippen LogP contribution in [-0.4, -0.2) is 32.1 Å². The van der Waals surface area contributed by atoms with Gasteiger partial charge in [-0.1, -0.05) is 0 Å². The van der Waals surface area contributed by atoms with Gasteiger partial charge in [0.15, 0.2) is 0 Å². The van der Waals surface area contributed by atoms with E-state index in [0.717, 1.165) is 7.69 Å². The lowest BCUT2D eigenvalue weighted by molar-refractivity contribution is -0.139. The van der Waals surface area contributed by atoms with Crippen molar-refractivity contribution in [1.82, 2.24) is 0 Å². The van der Waals surface area contributed by atoms with E-state index in [0.29, 0.717) is 0 Å². The van der Waals surface area contributed by atoms with Gasteiger partial charge in [-0.05, 0) is 0 Å². The van der Waals surface area contributed by atoms with Crippen LogP contribution in [0.15, 0.2) is 0 Å². The van der Waals surface area contributed by atoms with Gasteiger partial charge < -0.3 is 20.1 Å². The summed E-state index contributed by atoms with van der Waals surface area (Å²) in [6.07, 6.45) is 0. The molecular formula is C3H7BNO4. The van der Waals surface area contributed by atoms with Crippen LogP contribution in [0.5, 0.6) is 0 Å². The van der Waals surface area contributed by atoms with Gasteiger partial charge in [-0.25, -0.2) is 4.79 Å². The van der Waals surface area contributed by atoms with E-state index in [-0.39, 0.29) is 6.73 Å². The molecule has 0 amide bonds. The summed E-state index contributed by atoms with van der Waals surface area (Å²) < 4.78 is 8.66. The quantitative estimate of drug-likeness (QED) is 0.271. The van der Waals surface area contributed by atoms with Gasteiger partial charge in [0, 0.05) is 0 Å². The molecule has 0 aliphatic heterocycles. The fraction of sp³-hybridized carbons (Fsp3) is 0.667. The third kappa shape index (κ3) is 7.41. The smallest absolute Gasteiger partial charge is 0.480 e. The molecule has 0 saturated heterocycles. The third-order valence-electron chi connectivity index (χ3n) is 0.439. The Morgan fingerprint density at radius 3 is 2.78 bits per heavy atom. The SMILES string of the molecule is NCO[B]OCC(=O)O. The van der Waals surface area contributed by atoms with Gasteiger partial charge in [-0.2, -0.15) is 0 Å². The molecule has 0 bridgehead atoms. The summed E-state index contributed by atoms with van der Waals surface area (Å²) in [7, 11) is 0.897. The van der Waals surface area contributed by atoms with Crippen LogP contribution in [-0.2, 0) is 14.1 Å². The Bertz CT molecular complexity index is 87.9. The highest BCUT2D eigenvalue weighted by Gasteiger charge is 1.96. The van der Waals surface area contributed by atoms with Crippen molar-refractivity contribution in [2.24, 2.45) is 5.73 Å². The highest BCUT2D eigenvalue weighted by atomic mass is 16.6. The van der Waals surface area contributed by atoms with Crippen LogP contribution in [0, 0.1) is 0 Å². The van der Waals surface area contributed by atoms with Crippen molar-refractivity contribution in [2.45, 2.75) is 0 Å². The number of carboxylic acid groups (broad SMARTS) is 1. The minimum Gasteiger partial charge on any atom is -0.480 e. The summed E-state index contributed by atoms with van der Waals surface area (Å²) in [4.78, 5) is 9.73. The summed E-state index contributed by atoms with van der Waals surface area (Å²) in [5.41, 5.74) is 4.86. The molecule has 5 nitrogen and oxygen atoms in total. The summed E-state index contributed by atoms with van der Waals surface area (Å²) in [5.74, 6) is -1.05. The number of nitrogens with two attached hydrogens (primary N) is 1. The van der Waals surface area contributed by atoms with Crippen LogP contribution < -0.4 is 5.73 Å². The molecule has 0 aromatic heterocycles. The van der Waals surface area contributed by atoms with Crippen LogP contribution in [0.1, 0.15) is 0 Å². The fourth-order valence-corrected chi connectivity index (χ4v) is 0.193. The van der Waals surface area contributed by atoms with Gasteiger partial charge in [0.25, 0.3) is 0 Å². The highest BCUT2D eigenvalue weighted by Crippen LogP contribution is 1.71. The van der Waals surface area contributed by atoms with E-state index >= 15 is 0 Å². The average molecular weight is 132 g/mol. The van der Waals surface area contributed by atoms with Crippen LogP contribution in [0.25, 0.3) is 0 Å². The molecule has 0 aromatic rings. The Kier molecular flexibility index (Phi) is 5.19. The van der Waals surface area contributed by atoms with Crippen molar-refractivity contribution in [3.05, 3.63) is 0 Å². The first kappa shape index (κ1) is 8.41. The van der Waals surface area contributed by atoms with E-state index in [9.17, 15) is 4.79 Å². The molecule has 9 heavy (non-hydrogen) atoms. The molecule has 0 rings (SSSR count). The zero-order valence-corrected chi connectivity index (χ0v) is 4.74. The Hall–Kier alpha value is -0.585. The zero-order valence-electron chi connectivity index (χ0n) is 4.74. The Balaban J connectivity index is 2.83. The van der Waals surface area contributed by atoms with Gasteiger partial charge in [0.05, 0.1) is 6.73 Å². The molecule has 1 radical (unpaired) electrons. The largest absolute Gasteiger partial charge is 0.489 e. The maximum Gasteiger partial charge on any atom is 0.489 e. The summed E-state index contributed by atoms with van der Waals surface area (Å²) in [6, 6.07) is 0. The van der Waals surface area contributed by atoms with E-state index in [1.54, 1.807) is 0 Å². The average Bonchev–Trinajstić information content (AvgIpc) is 1.80. The van der Waals surface area contributed by atoms with Crippen LogP contribution in [0.3, 0.4) is 0 Å². The first-order valence-corrected chi connectivity index (χ1v) is 2.24. The summed E-state index contributed by atoms with van der Waals surface area (Å²) in [6.45, 7) is -0.417. The Morgan fingerprint density at radius 2 is 2.33 bits per heavy atom. The van der Waals surface area contributed by atoms with Crippen molar-refractivity contribution < 1.29 is 19.2 Å². The van der Waals surface area contributed by atoms with Crippen molar-refractivity contribution in [2.75, 3.05) is 13.3 Å². The van der Waals surface area contributed by atoms with Gasteiger partial charge >= 0.3 is 13.7 Å². The molecule has 0 aliphatic rings. The van der Waals surface area contributed by atoms with Crippen molar-refractivity contribution >= 4 is 13.7 Å². The molecule has 3 N–H and O–H groups in total. The molecule has 6 heteroatoms. The molecule has 0 spiro atoms. The van der Waals surface area contributed by atoms with Gasteiger partial charge in [0.1, 0.15) is 6.61 Å². The summed E-state index contributed by atoms with van der Waals surface area (Å²) >= 11 is 0. The molecule has 0 aromatic carbocycles. The number of carboxylic acids is 1. The first-order valence-electron chi connectivity index (χ1n) is 2.24. The molecule has 0 saturated carbocycles. The lowest BCUT2D eigenvalue weighted by Gasteiger charge is -1.95. The highest BCUT2D eigenvalue weighted by molar-refractivity contribution is 6.18. The fourth-order valence-electron chi connectivity index (χ4n) is 0.193. The lowest BCUT2D eigenvalue weighted by atomic mass is 10.4. The molecule has 0 aliphatic carbocycles. The number of rotatable bonds is 5. The predicted octanol–water partition coefficient (Wildman–Crippen LogP) is -1.45. The Labute approximate surface area is 53.0 Å². The minimum atomic E-state index is -1.05. The van der Waals surface area contributed by atoms with E-state index in [4.69, 9.17) is 10.8 Å². The zero-order chi connectivity index (χ0) is 7.11. The van der Waals surface area contributed by atoms with Gasteiger partial charge in [0.2, 0.25) is 0 Å². The normalized spacial score (nSPS) is 9.00. The minimum absolute atomic E-state index is 0.0143. The maximum absolute atomic E-state index is 9.73. The lowest BCUT2D eigenvalue weighted by Crippen LogP contribution is -2.15. The topological polar surface area (TPSA) is 81.8 Å². The van der Waals surface area contributed by atoms with Crippen molar-refractivity contribution in [3.8, 4) is 0 Å². The van der Waals surface area contributed by atoms with Gasteiger partial charge in [-0.3, -0.25) is 0 Å². The van der Waals surface area contributed by atoms with E-state index in [2.05, 4.69) is 9.31 Å². The number of hydrogen-bond donors (Lipinski definition) is 2. The molecule has 0 heterocycles.